The topological polar surface area (TPSA) is 20.3 Å². The van der Waals surface area contributed by atoms with E-state index < -0.39 is 28.9 Å². The number of hydrogen-bond acceptors (Lipinski definition) is 1. The summed E-state index contributed by atoms with van der Waals surface area (Å²) in [6, 6.07) is 1.79. The first-order valence-corrected chi connectivity index (χ1v) is 7.31. The lowest BCUT2D eigenvalue weighted by Gasteiger charge is -2.24. The predicted octanol–water partition coefficient (Wildman–Crippen LogP) is 4.39. The van der Waals surface area contributed by atoms with Crippen LogP contribution in [-0.2, 0) is 0 Å². The van der Waals surface area contributed by atoms with Crippen molar-refractivity contribution in [3.63, 3.8) is 0 Å². The van der Waals surface area contributed by atoms with Gasteiger partial charge >= 0.3 is 0 Å². The smallest absolute Gasteiger partial charge is 0.256 e. The van der Waals surface area contributed by atoms with Gasteiger partial charge < -0.3 is 4.90 Å². The molecule has 0 saturated heterocycles. The minimum absolute atomic E-state index is 0.400. The molecule has 1 aromatic rings. The quantitative estimate of drug-likeness (QED) is 0.684. The maximum atomic E-state index is 13.7. The van der Waals surface area contributed by atoms with Gasteiger partial charge in [0.15, 0.2) is 17.5 Å². The molecule has 0 radical (unpaired) electrons. The van der Waals surface area contributed by atoms with E-state index in [1.165, 1.54) is 4.90 Å². The molecule has 0 N–H and O–H groups in total. The Bertz CT molecular complexity index is 489. The van der Waals surface area contributed by atoms with Crippen LogP contribution < -0.4 is 0 Å². The molecule has 0 aliphatic rings. The van der Waals surface area contributed by atoms with Crippen LogP contribution in [0.1, 0.15) is 50.4 Å². The molecule has 118 valence electrons. The first-order chi connectivity index (χ1) is 9.88. The standard InChI is InChI=1S/C16H22F3NO/c1-4-5-9-20(10-8-11(2)3)16(21)12-6-7-13(17)15(19)14(12)18/h6-7,11H,4-5,8-10H2,1-3H3. The molecule has 0 saturated carbocycles. The van der Waals surface area contributed by atoms with Gasteiger partial charge in [-0.2, -0.15) is 0 Å². The largest absolute Gasteiger partial charge is 0.339 e. The lowest BCUT2D eigenvalue weighted by Crippen LogP contribution is -2.34. The summed E-state index contributed by atoms with van der Waals surface area (Å²) in [5.74, 6) is -4.48. The van der Waals surface area contributed by atoms with Crippen LogP contribution in [0, 0.1) is 23.4 Å². The zero-order valence-electron chi connectivity index (χ0n) is 12.8. The number of amides is 1. The molecular weight excluding hydrogens is 279 g/mol. The fraction of sp³-hybridized carbons (Fsp3) is 0.562. The van der Waals surface area contributed by atoms with Gasteiger partial charge in [0.25, 0.3) is 5.91 Å². The Morgan fingerprint density at radius 2 is 1.81 bits per heavy atom. The van der Waals surface area contributed by atoms with Gasteiger partial charge in [0, 0.05) is 13.1 Å². The normalized spacial score (nSPS) is 11.0. The summed E-state index contributed by atoms with van der Waals surface area (Å²) in [7, 11) is 0. The Morgan fingerprint density at radius 1 is 1.14 bits per heavy atom. The monoisotopic (exact) mass is 301 g/mol. The van der Waals surface area contributed by atoms with E-state index in [1.807, 2.05) is 20.8 Å². The van der Waals surface area contributed by atoms with Gasteiger partial charge in [0.05, 0.1) is 5.56 Å². The first-order valence-electron chi connectivity index (χ1n) is 7.31. The number of unbranched alkanes of at least 4 members (excludes halogenated alkanes) is 1. The second-order valence-corrected chi connectivity index (χ2v) is 5.55. The van der Waals surface area contributed by atoms with E-state index in [-0.39, 0.29) is 0 Å². The molecule has 0 heterocycles. The Morgan fingerprint density at radius 3 is 2.38 bits per heavy atom. The molecule has 0 aromatic heterocycles. The summed E-state index contributed by atoms with van der Waals surface area (Å²) in [6.45, 7) is 7.01. The number of halogens is 3. The SMILES string of the molecule is CCCCN(CCC(C)C)C(=O)c1ccc(F)c(F)c1F. The van der Waals surface area contributed by atoms with Gasteiger partial charge in [0.2, 0.25) is 0 Å². The number of rotatable bonds is 7. The van der Waals surface area contributed by atoms with Crippen LogP contribution in [0.3, 0.4) is 0 Å². The Kier molecular flexibility index (Phi) is 6.72. The van der Waals surface area contributed by atoms with Crippen molar-refractivity contribution in [3.8, 4) is 0 Å². The van der Waals surface area contributed by atoms with Crippen LogP contribution in [0.5, 0.6) is 0 Å². The van der Waals surface area contributed by atoms with Crippen LogP contribution >= 0.6 is 0 Å². The van der Waals surface area contributed by atoms with E-state index in [9.17, 15) is 18.0 Å². The molecule has 0 atom stereocenters. The van der Waals surface area contributed by atoms with Crippen molar-refractivity contribution in [1.29, 1.82) is 0 Å². The van der Waals surface area contributed by atoms with E-state index in [0.29, 0.717) is 19.0 Å². The number of carbonyl (C=O) groups excluding carboxylic acids is 1. The first kappa shape index (κ1) is 17.5. The number of nitrogens with zero attached hydrogens (tertiary/aromatic N) is 1. The minimum Gasteiger partial charge on any atom is -0.339 e. The fourth-order valence-corrected chi connectivity index (χ4v) is 1.94. The van der Waals surface area contributed by atoms with Gasteiger partial charge in [-0.3, -0.25) is 4.79 Å². The van der Waals surface area contributed by atoms with Gasteiger partial charge in [-0.1, -0.05) is 27.2 Å². The summed E-state index contributed by atoms with van der Waals surface area (Å²) in [4.78, 5) is 13.9. The molecule has 0 unspecified atom stereocenters. The molecule has 21 heavy (non-hydrogen) atoms. The summed E-state index contributed by atoms with van der Waals surface area (Å²) in [5.41, 5.74) is -0.409. The molecule has 0 spiro atoms. The third-order valence-electron chi connectivity index (χ3n) is 3.31. The van der Waals surface area contributed by atoms with E-state index in [0.717, 1.165) is 31.4 Å². The highest BCUT2D eigenvalue weighted by Gasteiger charge is 2.23. The van der Waals surface area contributed by atoms with Crippen molar-refractivity contribution in [2.75, 3.05) is 13.1 Å². The molecule has 1 rings (SSSR count). The van der Waals surface area contributed by atoms with Crippen LogP contribution in [0.2, 0.25) is 0 Å². The zero-order chi connectivity index (χ0) is 16.0. The van der Waals surface area contributed by atoms with Gasteiger partial charge in [0.1, 0.15) is 0 Å². The van der Waals surface area contributed by atoms with Gasteiger partial charge in [-0.25, -0.2) is 13.2 Å². The Balaban J connectivity index is 2.96. The number of carbonyl (C=O) groups is 1. The zero-order valence-corrected chi connectivity index (χ0v) is 12.8. The molecule has 0 fully saturated rings. The summed E-state index contributed by atoms with van der Waals surface area (Å²) < 4.78 is 39.9. The lowest BCUT2D eigenvalue weighted by molar-refractivity contribution is 0.0740. The lowest BCUT2D eigenvalue weighted by atomic mass is 10.1. The minimum atomic E-state index is -1.60. The number of hydrogen-bond donors (Lipinski definition) is 0. The van der Waals surface area contributed by atoms with Crippen molar-refractivity contribution in [2.45, 2.75) is 40.0 Å². The predicted molar refractivity (Wildman–Crippen MR) is 76.6 cm³/mol. The molecule has 2 nitrogen and oxygen atoms in total. The summed E-state index contributed by atoms with van der Waals surface area (Å²) in [6.07, 6.45) is 2.46. The van der Waals surface area contributed by atoms with Crippen molar-refractivity contribution in [3.05, 3.63) is 35.1 Å². The van der Waals surface area contributed by atoms with Crippen molar-refractivity contribution >= 4 is 5.91 Å². The highest BCUT2D eigenvalue weighted by Crippen LogP contribution is 2.18. The van der Waals surface area contributed by atoms with Crippen LogP contribution in [0.4, 0.5) is 13.2 Å². The second kappa shape index (κ2) is 8.05. The average Bonchev–Trinajstić information content (AvgIpc) is 2.44. The molecular formula is C16H22F3NO. The number of benzene rings is 1. The molecule has 5 heteroatoms. The van der Waals surface area contributed by atoms with Crippen molar-refractivity contribution in [1.82, 2.24) is 4.90 Å². The maximum Gasteiger partial charge on any atom is 0.256 e. The third kappa shape index (κ3) is 4.76. The molecule has 0 bridgehead atoms. The maximum absolute atomic E-state index is 13.7. The molecule has 1 aromatic carbocycles. The fourth-order valence-electron chi connectivity index (χ4n) is 1.94. The van der Waals surface area contributed by atoms with E-state index >= 15 is 0 Å². The van der Waals surface area contributed by atoms with Crippen LogP contribution in [-0.4, -0.2) is 23.9 Å². The van der Waals surface area contributed by atoms with Crippen LogP contribution in [0.15, 0.2) is 12.1 Å². The second-order valence-electron chi connectivity index (χ2n) is 5.55. The van der Waals surface area contributed by atoms with Gasteiger partial charge in [-0.15, -0.1) is 0 Å². The van der Waals surface area contributed by atoms with Crippen molar-refractivity contribution < 1.29 is 18.0 Å². The van der Waals surface area contributed by atoms with Crippen molar-refractivity contribution in [2.24, 2.45) is 5.92 Å². The van der Waals surface area contributed by atoms with E-state index in [4.69, 9.17) is 0 Å². The third-order valence-corrected chi connectivity index (χ3v) is 3.31. The van der Waals surface area contributed by atoms with Crippen LogP contribution in [0.25, 0.3) is 0 Å². The van der Waals surface area contributed by atoms with E-state index in [1.54, 1.807) is 0 Å². The van der Waals surface area contributed by atoms with E-state index in [2.05, 4.69) is 0 Å². The average molecular weight is 301 g/mol. The highest BCUT2D eigenvalue weighted by molar-refractivity contribution is 5.94. The Labute approximate surface area is 123 Å². The molecule has 0 aliphatic heterocycles. The Hall–Kier alpha value is -1.52. The molecule has 0 aliphatic carbocycles. The summed E-state index contributed by atoms with van der Waals surface area (Å²) >= 11 is 0. The summed E-state index contributed by atoms with van der Waals surface area (Å²) in [5, 5.41) is 0. The molecule has 1 amide bonds. The highest BCUT2D eigenvalue weighted by atomic mass is 19.2. The van der Waals surface area contributed by atoms with Gasteiger partial charge in [-0.05, 0) is 30.9 Å².